The first kappa shape index (κ1) is 13.9. The number of rotatable bonds is 2. The maximum atomic E-state index is 12.6. The van der Waals surface area contributed by atoms with Crippen molar-refractivity contribution in [1.82, 2.24) is 0 Å². The fraction of sp³-hybridized carbons (Fsp3) is 0.222. The second-order valence-corrected chi connectivity index (χ2v) is 4.33. The van der Waals surface area contributed by atoms with E-state index in [1.54, 1.807) is 0 Å². The first-order valence-corrected chi connectivity index (χ1v) is 5.28. The molecule has 8 heteroatoms. The Morgan fingerprint density at radius 3 is 2.29 bits per heavy atom. The van der Waals surface area contributed by atoms with Crippen LogP contribution in [0.25, 0.3) is 0 Å². The molecule has 0 unspecified atom stereocenters. The summed E-state index contributed by atoms with van der Waals surface area (Å²) in [6.07, 6.45) is -4.83. The van der Waals surface area contributed by atoms with Crippen molar-refractivity contribution < 1.29 is 22.9 Å². The molecule has 0 aliphatic rings. The minimum Gasteiger partial charge on any atom is -0.295 e. The number of benzene rings is 1. The summed E-state index contributed by atoms with van der Waals surface area (Å²) in [6.45, 7) is 1.13. The maximum Gasteiger partial charge on any atom is 0.424 e. The maximum absolute atomic E-state index is 12.6. The van der Waals surface area contributed by atoms with Crippen molar-refractivity contribution in [3.8, 4) is 0 Å². The molecule has 92 valence electrons. The molecule has 1 aromatic carbocycles. The van der Waals surface area contributed by atoms with Gasteiger partial charge < -0.3 is 0 Å². The van der Waals surface area contributed by atoms with E-state index >= 15 is 0 Å². The highest BCUT2D eigenvalue weighted by atomic mass is 127. The van der Waals surface area contributed by atoms with Crippen LogP contribution in [-0.4, -0.2) is 10.7 Å². The minimum atomic E-state index is -4.83. The number of alkyl halides is 3. The zero-order valence-corrected chi connectivity index (χ0v) is 10.5. The van der Waals surface area contributed by atoms with Crippen molar-refractivity contribution in [2.75, 3.05) is 0 Å². The van der Waals surface area contributed by atoms with Crippen LogP contribution in [0.15, 0.2) is 12.1 Å². The van der Waals surface area contributed by atoms with E-state index in [9.17, 15) is 28.1 Å². The molecule has 0 aliphatic carbocycles. The van der Waals surface area contributed by atoms with Gasteiger partial charge in [-0.1, -0.05) is 0 Å². The van der Waals surface area contributed by atoms with Gasteiger partial charge in [0.25, 0.3) is 5.69 Å². The van der Waals surface area contributed by atoms with Gasteiger partial charge in [-0.2, -0.15) is 13.2 Å². The van der Waals surface area contributed by atoms with Gasteiger partial charge in [0.2, 0.25) is 0 Å². The summed E-state index contributed by atoms with van der Waals surface area (Å²) < 4.78 is 37.5. The van der Waals surface area contributed by atoms with Crippen molar-refractivity contribution in [3.05, 3.63) is 36.9 Å². The highest BCUT2D eigenvalue weighted by molar-refractivity contribution is 14.1. The number of carbonyl (C=O) groups is 1. The Morgan fingerprint density at radius 1 is 1.41 bits per heavy atom. The number of halogens is 4. The number of carbonyl (C=O) groups excluding carboxylic acids is 1. The van der Waals surface area contributed by atoms with Gasteiger partial charge in [-0.05, 0) is 35.6 Å². The average Bonchev–Trinajstić information content (AvgIpc) is 2.13. The van der Waals surface area contributed by atoms with Crippen LogP contribution in [0.1, 0.15) is 22.8 Å². The van der Waals surface area contributed by atoms with E-state index in [0.29, 0.717) is 6.07 Å². The Balaban J connectivity index is 3.61. The van der Waals surface area contributed by atoms with Crippen LogP contribution in [-0.2, 0) is 6.18 Å². The van der Waals surface area contributed by atoms with E-state index in [1.807, 2.05) is 0 Å². The molecule has 0 saturated heterocycles. The van der Waals surface area contributed by atoms with E-state index in [1.165, 1.54) is 22.6 Å². The summed E-state index contributed by atoms with van der Waals surface area (Å²) in [5.74, 6) is -0.528. The van der Waals surface area contributed by atoms with Crippen LogP contribution in [0.3, 0.4) is 0 Å². The van der Waals surface area contributed by atoms with Gasteiger partial charge >= 0.3 is 6.18 Å². The van der Waals surface area contributed by atoms with E-state index < -0.39 is 28.1 Å². The van der Waals surface area contributed by atoms with E-state index in [-0.39, 0.29) is 9.13 Å². The topological polar surface area (TPSA) is 60.2 Å². The fourth-order valence-corrected chi connectivity index (χ4v) is 2.14. The van der Waals surface area contributed by atoms with Crippen LogP contribution in [0, 0.1) is 13.7 Å². The molecule has 0 bridgehead atoms. The number of nitrogens with zero attached hydrogens (tertiary/aromatic N) is 1. The first-order chi connectivity index (χ1) is 7.64. The fourth-order valence-electron chi connectivity index (χ4n) is 1.22. The minimum absolute atomic E-state index is 0.117. The quantitative estimate of drug-likeness (QED) is 0.352. The lowest BCUT2D eigenvalue weighted by Crippen LogP contribution is -2.12. The first-order valence-electron chi connectivity index (χ1n) is 4.20. The number of nitro groups is 1. The zero-order valence-electron chi connectivity index (χ0n) is 8.34. The molecule has 0 amide bonds. The van der Waals surface area contributed by atoms with Gasteiger partial charge in [-0.3, -0.25) is 14.9 Å². The van der Waals surface area contributed by atoms with Crippen molar-refractivity contribution in [1.29, 1.82) is 0 Å². The van der Waals surface area contributed by atoms with Crippen molar-refractivity contribution in [2.24, 2.45) is 0 Å². The lowest BCUT2D eigenvalue weighted by Gasteiger charge is -2.10. The Labute approximate surface area is 107 Å². The Kier molecular flexibility index (Phi) is 3.74. The Morgan fingerprint density at radius 2 is 1.94 bits per heavy atom. The van der Waals surface area contributed by atoms with Gasteiger partial charge in [0.05, 0.1) is 4.92 Å². The summed E-state index contributed by atoms with van der Waals surface area (Å²) in [6, 6.07) is 1.63. The smallest absolute Gasteiger partial charge is 0.295 e. The SMILES string of the molecule is CC(=O)c1cc(I)c(C(F)(F)F)c([N+](=O)[O-])c1. The van der Waals surface area contributed by atoms with Gasteiger partial charge in [-0.25, -0.2) is 0 Å². The largest absolute Gasteiger partial charge is 0.424 e. The molecule has 0 radical (unpaired) electrons. The number of hydrogen-bond acceptors (Lipinski definition) is 3. The standard InChI is InChI=1S/C9H5F3INO3/c1-4(15)5-2-6(13)8(9(10,11)12)7(3-5)14(16)17/h2-3H,1H3. The lowest BCUT2D eigenvalue weighted by molar-refractivity contribution is -0.388. The normalized spacial score (nSPS) is 11.4. The molecule has 4 nitrogen and oxygen atoms in total. The molecule has 0 spiro atoms. The van der Waals surface area contributed by atoms with Crippen molar-refractivity contribution in [2.45, 2.75) is 13.1 Å². The monoisotopic (exact) mass is 359 g/mol. The van der Waals surface area contributed by atoms with Crippen LogP contribution in [0.5, 0.6) is 0 Å². The van der Waals surface area contributed by atoms with E-state index in [4.69, 9.17) is 0 Å². The number of Topliss-reactive ketones (excluding diaryl/α,β-unsaturated/α-hetero) is 1. The summed E-state index contributed by atoms with van der Waals surface area (Å²) >= 11 is 1.33. The highest BCUT2D eigenvalue weighted by Gasteiger charge is 2.41. The van der Waals surface area contributed by atoms with Gasteiger partial charge in [0.1, 0.15) is 5.56 Å². The molecule has 0 atom stereocenters. The number of nitro benzene ring substituents is 1. The van der Waals surface area contributed by atoms with Gasteiger partial charge in [0, 0.05) is 15.2 Å². The molecular formula is C9H5F3INO3. The van der Waals surface area contributed by atoms with Crippen LogP contribution in [0.2, 0.25) is 0 Å². The van der Waals surface area contributed by atoms with Crippen LogP contribution >= 0.6 is 22.6 Å². The molecule has 0 N–H and O–H groups in total. The van der Waals surface area contributed by atoms with E-state index in [0.717, 1.165) is 13.0 Å². The Bertz CT molecular complexity index is 499. The summed E-state index contributed by atoms with van der Waals surface area (Å²) in [7, 11) is 0. The molecule has 1 rings (SSSR count). The van der Waals surface area contributed by atoms with Crippen LogP contribution < -0.4 is 0 Å². The second-order valence-electron chi connectivity index (χ2n) is 3.16. The zero-order chi connectivity index (χ0) is 13.4. The second kappa shape index (κ2) is 4.59. The molecule has 0 aromatic heterocycles. The summed E-state index contributed by atoms with van der Waals surface area (Å²) in [5, 5.41) is 10.6. The third-order valence-electron chi connectivity index (χ3n) is 1.96. The number of hydrogen-bond donors (Lipinski definition) is 0. The predicted molar refractivity (Wildman–Crippen MR) is 60.8 cm³/mol. The highest BCUT2D eigenvalue weighted by Crippen LogP contribution is 2.39. The molecular weight excluding hydrogens is 354 g/mol. The Hall–Kier alpha value is -1.19. The summed E-state index contributed by atoms with van der Waals surface area (Å²) in [4.78, 5) is 20.5. The third kappa shape index (κ3) is 2.93. The average molecular weight is 359 g/mol. The lowest BCUT2D eigenvalue weighted by atomic mass is 10.1. The molecule has 17 heavy (non-hydrogen) atoms. The molecule has 0 fully saturated rings. The third-order valence-corrected chi connectivity index (χ3v) is 2.81. The molecule has 1 aromatic rings. The molecule has 0 saturated carbocycles. The van der Waals surface area contributed by atoms with Gasteiger partial charge in [-0.15, -0.1) is 0 Å². The molecule has 0 heterocycles. The van der Waals surface area contributed by atoms with Crippen molar-refractivity contribution in [3.63, 3.8) is 0 Å². The van der Waals surface area contributed by atoms with E-state index in [2.05, 4.69) is 0 Å². The molecule has 0 aliphatic heterocycles. The van der Waals surface area contributed by atoms with Gasteiger partial charge in [0.15, 0.2) is 5.78 Å². The van der Waals surface area contributed by atoms with Crippen LogP contribution in [0.4, 0.5) is 18.9 Å². The van der Waals surface area contributed by atoms with Crippen molar-refractivity contribution >= 4 is 34.1 Å². The summed E-state index contributed by atoms with van der Waals surface area (Å²) in [5.41, 5.74) is -2.54. The number of ketones is 1. The predicted octanol–water partition coefficient (Wildman–Crippen LogP) is 3.42.